The molecule has 0 radical (unpaired) electrons. The number of hydrogen-bond donors (Lipinski definition) is 3. The van der Waals surface area contributed by atoms with E-state index in [0.29, 0.717) is 30.8 Å². The minimum absolute atomic E-state index is 0.112. The van der Waals surface area contributed by atoms with Gasteiger partial charge in [-0.2, -0.15) is 0 Å². The molecule has 8 heteroatoms. The molecule has 5 atom stereocenters. The summed E-state index contributed by atoms with van der Waals surface area (Å²) in [5.41, 5.74) is 4.76. The SMILES string of the molecule is CC1NC2C3CCCCC3n3c(CCCC(=O)NC[C@H](C)c4ccccc4)nnc3N2N1. The highest BCUT2D eigenvalue weighted by atomic mass is 16.1. The molecule has 1 aromatic heterocycles. The number of benzene rings is 1. The Bertz CT molecular complexity index is 930. The summed E-state index contributed by atoms with van der Waals surface area (Å²) in [5, 5.41) is 18.1. The smallest absolute Gasteiger partial charge is 0.243 e. The Labute approximate surface area is 190 Å². The van der Waals surface area contributed by atoms with Crippen LogP contribution in [0.3, 0.4) is 0 Å². The minimum atomic E-state index is 0.112. The number of anilines is 1. The highest BCUT2D eigenvalue weighted by Crippen LogP contribution is 2.44. The fourth-order valence-electron chi connectivity index (χ4n) is 5.63. The molecule has 1 saturated carbocycles. The van der Waals surface area contributed by atoms with Crippen molar-refractivity contribution >= 4 is 11.9 Å². The molecule has 1 aliphatic carbocycles. The summed E-state index contributed by atoms with van der Waals surface area (Å²) in [6, 6.07) is 10.8. The number of carbonyl (C=O) groups is 1. The summed E-state index contributed by atoms with van der Waals surface area (Å²) < 4.78 is 2.36. The van der Waals surface area contributed by atoms with Crippen LogP contribution in [0, 0.1) is 5.92 Å². The van der Waals surface area contributed by atoms with E-state index >= 15 is 0 Å². The molecule has 1 aromatic carbocycles. The van der Waals surface area contributed by atoms with Gasteiger partial charge in [0.25, 0.3) is 0 Å². The van der Waals surface area contributed by atoms with Crippen molar-refractivity contribution in [1.82, 2.24) is 30.8 Å². The minimum Gasteiger partial charge on any atom is -0.356 e. The summed E-state index contributed by atoms with van der Waals surface area (Å²) in [6.45, 7) is 4.96. The molecule has 3 aliphatic rings. The second-order valence-corrected chi connectivity index (χ2v) is 9.60. The van der Waals surface area contributed by atoms with Crippen molar-refractivity contribution in [3.63, 3.8) is 0 Å². The number of aromatic nitrogens is 3. The maximum atomic E-state index is 12.4. The predicted octanol–water partition coefficient (Wildman–Crippen LogP) is 2.85. The van der Waals surface area contributed by atoms with E-state index < -0.39 is 0 Å². The van der Waals surface area contributed by atoms with E-state index in [-0.39, 0.29) is 18.2 Å². The van der Waals surface area contributed by atoms with Gasteiger partial charge in [0.1, 0.15) is 12.0 Å². The van der Waals surface area contributed by atoms with E-state index in [0.717, 1.165) is 24.6 Å². The summed E-state index contributed by atoms with van der Waals surface area (Å²) in [7, 11) is 0. The number of nitrogens with zero attached hydrogens (tertiary/aromatic N) is 4. The third kappa shape index (κ3) is 4.13. The Kier molecular flexibility index (Phi) is 6.15. The van der Waals surface area contributed by atoms with Crippen LogP contribution in [0.1, 0.15) is 75.7 Å². The van der Waals surface area contributed by atoms with Gasteiger partial charge in [-0.05, 0) is 37.7 Å². The zero-order valence-electron chi connectivity index (χ0n) is 19.1. The van der Waals surface area contributed by atoms with Crippen molar-refractivity contribution in [3.05, 3.63) is 41.7 Å². The lowest BCUT2D eigenvalue weighted by Crippen LogP contribution is -2.53. The fourth-order valence-corrected chi connectivity index (χ4v) is 5.63. The fraction of sp³-hybridized carbons (Fsp3) is 0.625. The van der Waals surface area contributed by atoms with Crippen LogP contribution in [-0.2, 0) is 11.2 Å². The molecule has 3 heterocycles. The normalized spacial score (nSPS) is 27.4. The van der Waals surface area contributed by atoms with Crippen LogP contribution in [0.5, 0.6) is 0 Å². The van der Waals surface area contributed by atoms with Crippen molar-refractivity contribution in [2.75, 3.05) is 11.6 Å². The van der Waals surface area contributed by atoms with E-state index in [4.69, 9.17) is 0 Å². The summed E-state index contributed by atoms with van der Waals surface area (Å²) in [4.78, 5) is 12.4. The van der Waals surface area contributed by atoms with Crippen LogP contribution in [0.25, 0.3) is 0 Å². The van der Waals surface area contributed by atoms with Crippen molar-refractivity contribution < 1.29 is 4.79 Å². The van der Waals surface area contributed by atoms with Gasteiger partial charge in [0, 0.05) is 31.3 Å². The first kappa shape index (κ1) is 21.4. The van der Waals surface area contributed by atoms with Gasteiger partial charge in [0.2, 0.25) is 11.9 Å². The van der Waals surface area contributed by atoms with Gasteiger partial charge in [0.05, 0.1) is 6.17 Å². The van der Waals surface area contributed by atoms with Crippen molar-refractivity contribution in [2.24, 2.45) is 5.92 Å². The Morgan fingerprint density at radius 1 is 1.22 bits per heavy atom. The molecule has 0 bridgehead atoms. The first-order chi connectivity index (χ1) is 15.6. The van der Waals surface area contributed by atoms with Crippen molar-refractivity contribution in [1.29, 1.82) is 0 Å². The van der Waals surface area contributed by atoms with Crippen LogP contribution in [0.4, 0.5) is 5.95 Å². The molecule has 2 aliphatic heterocycles. The van der Waals surface area contributed by atoms with E-state index in [9.17, 15) is 4.79 Å². The number of hydrogen-bond acceptors (Lipinski definition) is 6. The van der Waals surface area contributed by atoms with Crippen LogP contribution in [-0.4, -0.2) is 39.5 Å². The van der Waals surface area contributed by atoms with Gasteiger partial charge in [0.15, 0.2) is 0 Å². The maximum Gasteiger partial charge on any atom is 0.243 e. The number of amides is 1. The summed E-state index contributed by atoms with van der Waals surface area (Å²) >= 11 is 0. The molecule has 172 valence electrons. The Hall–Kier alpha value is -2.45. The van der Waals surface area contributed by atoms with Crippen LogP contribution in [0.15, 0.2) is 30.3 Å². The van der Waals surface area contributed by atoms with E-state index in [1.807, 2.05) is 18.2 Å². The maximum absolute atomic E-state index is 12.4. The van der Waals surface area contributed by atoms with E-state index in [2.05, 4.69) is 61.8 Å². The van der Waals surface area contributed by atoms with E-state index in [1.165, 1.54) is 31.2 Å². The van der Waals surface area contributed by atoms with Gasteiger partial charge in [-0.25, -0.2) is 5.43 Å². The van der Waals surface area contributed by atoms with Gasteiger partial charge in [-0.1, -0.05) is 50.1 Å². The molecule has 5 rings (SSSR count). The Balaban J connectivity index is 1.19. The van der Waals surface area contributed by atoms with Crippen molar-refractivity contribution in [2.45, 2.75) is 83.1 Å². The number of rotatable bonds is 7. The molecular formula is C24H35N7O. The van der Waals surface area contributed by atoms with E-state index in [1.54, 1.807) is 0 Å². The average Bonchev–Trinajstić information content (AvgIpc) is 3.42. The quantitative estimate of drug-likeness (QED) is 0.618. The molecule has 32 heavy (non-hydrogen) atoms. The molecule has 8 nitrogen and oxygen atoms in total. The molecule has 0 spiro atoms. The van der Waals surface area contributed by atoms with Crippen LogP contribution in [0.2, 0.25) is 0 Å². The summed E-state index contributed by atoms with van der Waals surface area (Å²) in [6.07, 6.45) is 7.56. The topological polar surface area (TPSA) is 87.1 Å². The molecule has 4 unspecified atom stereocenters. The average molecular weight is 438 g/mol. The summed E-state index contributed by atoms with van der Waals surface area (Å²) in [5.74, 6) is 2.92. The van der Waals surface area contributed by atoms with Crippen molar-refractivity contribution in [3.8, 4) is 0 Å². The highest BCUT2D eigenvalue weighted by molar-refractivity contribution is 5.75. The molecule has 3 N–H and O–H groups in total. The predicted molar refractivity (Wildman–Crippen MR) is 124 cm³/mol. The zero-order valence-corrected chi connectivity index (χ0v) is 19.1. The first-order valence-electron chi connectivity index (χ1n) is 12.2. The number of carbonyl (C=O) groups excluding carboxylic acids is 1. The molecule has 1 amide bonds. The third-order valence-electron chi connectivity index (χ3n) is 7.29. The lowest BCUT2D eigenvalue weighted by atomic mass is 9.81. The molecule has 2 aromatic rings. The molecule has 1 saturated heterocycles. The van der Waals surface area contributed by atoms with Gasteiger partial charge >= 0.3 is 0 Å². The van der Waals surface area contributed by atoms with Gasteiger partial charge in [-0.15, -0.1) is 10.2 Å². The number of aryl methyl sites for hydroxylation is 1. The van der Waals surface area contributed by atoms with Gasteiger partial charge < -0.3 is 5.32 Å². The first-order valence-corrected chi connectivity index (χ1v) is 12.2. The zero-order chi connectivity index (χ0) is 22.1. The Morgan fingerprint density at radius 2 is 2.03 bits per heavy atom. The monoisotopic (exact) mass is 437 g/mol. The van der Waals surface area contributed by atoms with Crippen LogP contribution < -0.4 is 21.1 Å². The number of hydrazine groups is 1. The standard InChI is InChI=1S/C24H35N7O/c1-16(18-9-4-3-5-10-18)15-25-22(32)14-8-13-21-27-28-24-30(21)20-12-7-6-11-19(20)23-26-17(2)29-31(23)24/h3-5,9-10,16-17,19-20,23,26,29H,6-8,11-15H2,1-2H3,(H,25,32)/t16-,17?,19?,20?,23?/m0/s1. The van der Waals surface area contributed by atoms with Crippen LogP contribution >= 0.6 is 0 Å². The third-order valence-corrected chi connectivity index (χ3v) is 7.29. The second-order valence-electron chi connectivity index (χ2n) is 9.60. The molecular weight excluding hydrogens is 402 g/mol. The highest BCUT2D eigenvalue weighted by Gasteiger charge is 2.47. The van der Waals surface area contributed by atoms with Gasteiger partial charge in [-0.3, -0.25) is 19.7 Å². The number of fused-ring (bicyclic) bond motifs is 6. The lowest BCUT2D eigenvalue weighted by molar-refractivity contribution is -0.121. The largest absolute Gasteiger partial charge is 0.356 e. The second kappa shape index (κ2) is 9.19. The number of nitrogens with one attached hydrogen (secondary N) is 3. The Morgan fingerprint density at radius 3 is 2.88 bits per heavy atom. The molecule has 2 fully saturated rings. The lowest BCUT2D eigenvalue weighted by Gasteiger charge is -2.44.